The quantitative estimate of drug-likeness (QED) is 0.878. The van der Waals surface area contributed by atoms with Crippen LogP contribution in [-0.4, -0.2) is 28.5 Å². The predicted octanol–water partition coefficient (Wildman–Crippen LogP) is 2.58. The number of hydrogen-bond donors (Lipinski definition) is 1. The monoisotopic (exact) mass is 305 g/mol. The average molecular weight is 305 g/mol. The molecule has 0 atom stereocenters. The average Bonchev–Trinajstić information content (AvgIpc) is 2.80. The number of nitrogens with one attached hydrogen (secondary N) is 1. The summed E-state index contributed by atoms with van der Waals surface area (Å²) in [5.41, 5.74) is 1.28. The summed E-state index contributed by atoms with van der Waals surface area (Å²) >= 11 is 1.31. The molecule has 0 unspecified atom stereocenters. The van der Waals surface area contributed by atoms with Gasteiger partial charge in [0.15, 0.2) is 0 Å². The first kappa shape index (κ1) is 15.1. The van der Waals surface area contributed by atoms with Crippen molar-refractivity contribution in [2.45, 2.75) is 20.8 Å². The number of aryl methyl sites for hydroxylation is 2. The smallest absolute Gasteiger partial charge is 0.341 e. The van der Waals surface area contributed by atoms with E-state index in [1.165, 1.54) is 23.7 Å². The number of aromatic nitrogens is 2. The van der Waals surface area contributed by atoms with E-state index >= 15 is 0 Å². The number of rotatable bonds is 4. The number of carbonyl (C=O) groups excluding carboxylic acids is 2. The summed E-state index contributed by atoms with van der Waals surface area (Å²) in [6, 6.07) is 1.69. The SMILES string of the molecule is CCOC(=O)c1cc(C)sc1NC(=O)c1cnc(C)cn1. The molecule has 0 bridgehead atoms. The van der Waals surface area contributed by atoms with Gasteiger partial charge >= 0.3 is 5.97 Å². The highest BCUT2D eigenvalue weighted by atomic mass is 32.1. The predicted molar refractivity (Wildman–Crippen MR) is 79.7 cm³/mol. The van der Waals surface area contributed by atoms with Crippen LogP contribution in [0.4, 0.5) is 5.00 Å². The first-order valence-electron chi connectivity index (χ1n) is 6.38. The Kier molecular flexibility index (Phi) is 4.64. The van der Waals surface area contributed by atoms with E-state index in [-0.39, 0.29) is 12.3 Å². The van der Waals surface area contributed by atoms with Gasteiger partial charge in [-0.15, -0.1) is 11.3 Å². The van der Waals surface area contributed by atoms with Crippen molar-refractivity contribution in [2.24, 2.45) is 0 Å². The highest BCUT2D eigenvalue weighted by molar-refractivity contribution is 7.16. The molecule has 1 N–H and O–H groups in total. The maximum atomic E-state index is 12.1. The molecule has 0 aliphatic heterocycles. The van der Waals surface area contributed by atoms with Crippen LogP contribution in [0.2, 0.25) is 0 Å². The molecular weight excluding hydrogens is 290 g/mol. The van der Waals surface area contributed by atoms with E-state index in [1.54, 1.807) is 19.9 Å². The molecule has 0 aromatic carbocycles. The van der Waals surface area contributed by atoms with Gasteiger partial charge in [0, 0.05) is 11.1 Å². The number of amides is 1. The lowest BCUT2D eigenvalue weighted by Gasteiger charge is -2.05. The number of ether oxygens (including phenoxy) is 1. The van der Waals surface area contributed by atoms with Gasteiger partial charge in [0.2, 0.25) is 0 Å². The molecule has 0 saturated carbocycles. The van der Waals surface area contributed by atoms with Gasteiger partial charge in [-0.25, -0.2) is 9.78 Å². The molecule has 110 valence electrons. The summed E-state index contributed by atoms with van der Waals surface area (Å²) in [6.45, 7) is 5.66. The second-order valence-electron chi connectivity index (χ2n) is 4.32. The largest absolute Gasteiger partial charge is 0.462 e. The van der Waals surface area contributed by atoms with E-state index in [0.29, 0.717) is 10.6 Å². The third-order valence-electron chi connectivity index (χ3n) is 2.59. The Morgan fingerprint density at radius 1 is 1.29 bits per heavy atom. The van der Waals surface area contributed by atoms with E-state index < -0.39 is 11.9 Å². The van der Waals surface area contributed by atoms with Crippen LogP contribution < -0.4 is 5.32 Å². The van der Waals surface area contributed by atoms with Gasteiger partial charge in [-0.1, -0.05) is 0 Å². The number of anilines is 1. The lowest BCUT2D eigenvalue weighted by molar-refractivity contribution is 0.0528. The fraction of sp³-hybridized carbons (Fsp3) is 0.286. The summed E-state index contributed by atoms with van der Waals surface area (Å²) in [4.78, 5) is 32.9. The molecule has 2 aromatic heterocycles. The number of hydrogen-bond acceptors (Lipinski definition) is 6. The lowest BCUT2D eigenvalue weighted by Crippen LogP contribution is -2.15. The van der Waals surface area contributed by atoms with Crippen LogP contribution in [0, 0.1) is 13.8 Å². The van der Waals surface area contributed by atoms with Gasteiger partial charge < -0.3 is 10.1 Å². The zero-order valence-electron chi connectivity index (χ0n) is 12.0. The van der Waals surface area contributed by atoms with Gasteiger partial charge in [-0.3, -0.25) is 9.78 Å². The van der Waals surface area contributed by atoms with Crippen molar-refractivity contribution in [3.8, 4) is 0 Å². The van der Waals surface area contributed by atoms with Crippen LogP contribution in [0.1, 0.15) is 38.3 Å². The molecule has 6 nitrogen and oxygen atoms in total. The highest BCUT2D eigenvalue weighted by Gasteiger charge is 2.19. The first-order chi connectivity index (χ1) is 10.0. The number of nitrogens with zero attached hydrogens (tertiary/aromatic N) is 2. The van der Waals surface area contributed by atoms with Crippen molar-refractivity contribution < 1.29 is 14.3 Å². The van der Waals surface area contributed by atoms with Crippen LogP contribution >= 0.6 is 11.3 Å². The molecule has 0 radical (unpaired) electrons. The second-order valence-corrected chi connectivity index (χ2v) is 5.57. The molecule has 0 aliphatic carbocycles. The summed E-state index contributed by atoms with van der Waals surface area (Å²) in [5.74, 6) is -0.859. The minimum Gasteiger partial charge on any atom is -0.462 e. The minimum absolute atomic E-state index is 0.196. The van der Waals surface area contributed by atoms with Gasteiger partial charge in [0.25, 0.3) is 5.91 Å². The van der Waals surface area contributed by atoms with Crippen LogP contribution in [0.15, 0.2) is 18.5 Å². The van der Waals surface area contributed by atoms with Gasteiger partial charge in [0.05, 0.1) is 24.1 Å². The molecule has 0 saturated heterocycles. The Labute approximate surface area is 126 Å². The van der Waals surface area contributed by atoms with Crippen LogP contribution in [-0.2, 0) is 4.74 Å². The van der Waals surface area contributed by atoms with E-state index in [2.05, 4.69) is 15.3 Å². The minimum atomic E-state index is -0.452. The summed E-state index contributed by atoms with van der Waals surface area (Å²) in [6.07, 6.45) is 2.91. The Morgan fingerprint density at radius 2 is 2.05 bits per heavy atom. The van der Waals surface area contributed by atoms with Crippen LogP contribution in [0.25, 0.3) is 0 Å². The Morgan fingerprint density at radius 3 is 2.67 bits per heavy atom. The molecular formula is C14H15N3O3S. The molecule has 2 heterocycles. The fourth-order valence-corrected chi connectivity index (χ4v) is 2.54. The van der Waals surface area contributed by atoms with Crippen molar-refractivity contribution >= 4 is 28.2 Å². The van der Waals surface area contributed by atoms with Crippen molar-refractivity contribution in [3.05, 3.63) is 40.3 Å². The first-order valence-corrected chi connectivity index (χ1v) is 7.20. The van der Waals surface area contributed by atoms with Gasteiger partial charge in [0.1, 0.15) is 10.7 Å². The van der Waals surface area contributed by atoms with Crippen molar-refractivity contribution in [1.82, 2.24) is 9.97 Å². The summed E-state index contributed by atoms with van der Waals surface area (Å²) in [7, 11) is 0. The van der Waals surface area contributed by atoms with Crippen LogP contribution in [0.5, 0.6) is 0 Å². The van der Waals surface area contributed by atoms with Crippen LogP contribution in [0.3, 0.4) is 0 Å². The normalized spacial score (nSPS) is 10.2. The summed E-state index contributed by atoms with van der Waals surface area (Å²) < 4.78 is 4.97. The van der Waals surface area contributed by atoms with E-state index in [9.17, 15) is 9.59 Å². The van der Waals surface area contributed by atoms with E-state index in [0.717, 1.165) is 10.6 Å². The zero-order chi connectivity index (χ0) is 15.4. The maximum Gasteiger partial charge on any atom is 0.341 e. The molecule has 2 rings (SSSR count). The van der Waals surface area contributed by atoms with Crippen molar-refractivity contribution in [1.29, 1.82) is 0 Å². The standard InChI is InChI=1S/C14H15N3O3S/c1-4-20-14(19)10-5-9(3)21-13(10)17-12(18)11-7-15-8(2)6-16-11/h5-7H,4H2,1-3H3,(H,17,18). The second kappa shape index (κ2) is 6.45. The number of thiophene rings is 1. The highest BCUT2D eigenvalue weighted by Crippen LogP contribution is 2.28. The third-order valence-corrected chi connectivity index (χ3v) is 3.56. The fourth-order valence-electron chi connectivity index (χ4n) is 1.64. The maximum absolute atomic E-state index is 12.1. The lowest BCUT2D eigenvalue weighted by atomic mass is 10.3. The van der Waals surface area contributed by atoms with Gasteiger partial charge in [-0.2, -0.15) is 0 Å². The number of carbonyl (C=O) groups is 2. The molecule has 0 fully saturated rings. The molecule has 0 aliphatic rings. The van der Waals surface area contributed by atoms with E-state index in [1.807, 2.05) is 6.92 Å². The van der Waals surface area contributed by atoms with Crippen molar-refractivity contribution in [3.63, 3.8) is 0 Å². The van der Waals surface area contributed by atoms with Gasteiger partial charge in [-0.05, 0) is 26.8 Å². The Hall–Kier alpha value is -2.28. The topological polar surface area (TPSA) is 81.2 Å². The number of esters is 1. The van der Waals surface area contributed by atoms with E-state index in [4.69, 9.17) is 4.74 Å². The summed E-state index contributed by atoms with van der Waals surface area (Å²) in [5, 5.41) is 3.14. The molecule has 2 aromatic rings. The van der Waals surface area contributed by atoms with Crippen molar-refractivity contribution in [2.75, 3.05) is 11.9 Å². The Bertz CT molecular complexity index is 665. The molecule has 7 heteroatoms. The third kappa shape index (κ3) is 3.63. The molecule has 0 spiro atoms. The molecule has 1 amide bonds. The Balaban J connectivity index is 2.21. The zero-order valence-corrected chi connectivity index (χ0v) is 12.8. The molecule has 21 heavy (non-hydrogen) atoms.